The third-order valence-corrected chi connectivity index (χ3v) is 2.95. The Labute approximate surface area is 100 Å². The molecule has 1 fully saturated rings. The maximum Gasteiger partial charge on any atom is 0.124 e. The van der Waals surface area contributed by atoms with Crippen molar-refractivity contribution >= 4 is 0 Å². The van der Waals surface area contributed by atoms with Gasteiger partial charge in [-0.15, -0.1) is 0 Å². The van der Waals surface area contributed by atoms with Crippen molar-refractivity contribution in [3.05, 3.63) is 23.8 Å². The van der Waals surface area contributed by atoms with Crippen molar-refractivity contribution in [3.63, 3.8) is 0 Å². The Hall–Kier alpha value is -1.73. The first-order valence-electron chi connectivity index (χ1n) is 5.67. The van der Waals surface area contributed by atoms with Gasteiger partial charge in [0.2, 0.25) is 0 Å². The molecule has 0 amide bonds. The highest BCUT2D eigenvalue weighted by atomic mass is 16.5. The minimum absolute atomic E-state index is 0.173. The third kappa shape index (κ3) is 2.69. The highest BCUT2D eigenvalue weighted by Crippen LogP contribution is 2.28. The molecule has 0 radical (unpaired) electrons. The van der Waals surface area contributed by atoms with E-state index in [9.17, 15) is 5.11 Å². The summed E-state index contributed by atoms with van der Waals surface area (Å²) >= 11 is 0. The zero-order valence-corrected chi connectivity index (χ0v) is 9.72. The Balaban J connectivity index is 2.17. The molecule has 2 rings (SSSR count). The molecule has 0 saturated heterocycles. The number of aliphatic hydroxyl groups is 1. The second kappa shape index (κ2) is 5.07. The molecule has 0 spiro atoms. The zero-order valence-electron chi connectivity index (χ0n) is 9.72. The van der Waals surface area contributed by atoms with Gasteiger partial charge in [-0.25, -0.2) is 0 Å². The topological polar surface area (TPSA) is 62.5 Å². The molecule has 0 aromatic heterocycles. The van der Waals surface area contributed by atoms with Crippen molar-refractivity contribution < 1.29 is 14.6 Å². The molecule has 1 saturated carbocycles. The van der Waals surface area contributed by atoms with Gasteiger partial charge in [0.25, 0.3) is 0 Å². The average molecular weight is 233 g/mol. The molecule has 2 atom stereocenters. The molecule has 1 aromatic carbocycles. The summed E-state index contributed by atoms with van der Waals surface area (Å²) in [6.07, 6.45) is 2.02. The Bertz CT molecular complexity index is 439. The van der Waals surface area contributed by atoms with Crippen LogP contribution >= 0.6 is 0 Å². The maximum absolute atomic E-state index is 9.68. The average Bonchev–Trinajstić information content (AvgIpc) is 2.74. The van der Waals surface area contributed by atoms with Crippen molar-refractivity contribution in [1.29, 1.82) is 5.26 Å². The summed E-state index contributed by atoms with van der Waals surface area (Å²) in [7, 11) is 1.55. The van der Waals surface area contributed by atoms with Gasteiger partial charge in [0.15, 0.2) is 0 Å². The van der Waals surface area contributed by atoms with Crippen LogP contribution in [0.25, 0.3) is 0 Å². The normalized spacial score (nSPS) is 23.1. The predicted octanol–water partition coefficient (Wildman–Crippen LogP) is 1.86. The lowest BCUT2D eigenvalue weighted by atomic mass is 10.2. The molecule has 0 heterocycles. The van der Waals surface area contributed by atoms with Gasteiger partial charge in [-0.3, -0.25) is 0 Å². The standard InChI is InChI=1S/C13H15NO3/c1-16-10-5-9(8-14)6-11(7-10)17-13-4-2-3-12(13)15/h5-7,12-13,15H,2-4H2,1H3/t12-,13-/m1/s1. The molecule has 0 bridgehead atoms. The van der Waals surface area contributed by atoms with Crippen LogP contribution in [0.1, 0.15) is 24.8 Å². The fourth-order valence-electron chi connectivity index (χ4n) is 2.04. The molecule has 0 unspecified atom stereocenters. The molecular formula is C13H15NO3. The van der Waals surface area contributed by atoms with Gasteiger partial charge in [-0.05, 0) is 31.4 Å². The van der Waals surface area contributed by atoms with E-state index in [1.807, 2.05) is 0 Å². The van der Waals surface area contributed by atoms with Crippen LogP contribution in [0.5, 0.6) is 11.5 Å². The van der Waals surface area contributed by atoms with Crippen LogP contribution in [0.2, 0.25) is 0 Å². The van der Waals surface area contributed by atoms with Gasteiger partial charge in [0.1, 0.15) is 17.6 Å². The van der Waals surface area contributed by atoms with Crippen LogP contribution in [-0.4, -0.2) is 24.4 Å². The molecule has 4 heteroatoms. The van der Waals surface area contributed by atoms with E-state index >= 15 is 0 Å². The van der Waals surface area contributed by atoms with Gasteiger partial charge >= 0.3 is 0 Å². The largest absolute Gasteiger partial charge is 0.497 e. The van der Waals surface area contributed by atoms with Gasteiger partial charge < -0.3 is 14.6 Å². The fourth-order valence-corrected chi connectivity index (χ4v) is 2.04. The first-order valence-corrected chi connectivity index (χ1v) is 5.67. The number of nitrogens with zero attached hydrogens (tertiary/aromatic N) is 1. The Kier molecular flexibility index (Phi) is 3.50. The molecular weight excluding hydrogens is 218 g/mol. The molecule has 4 nitrogen and oxygen atoms in total. The van der Waals surface area contributed by atoms with Gasteiger partial charge in [-0.2, -0.15) is 5.26 Å². The summed E-state index contributed by atoms with van der Waals surface area (Å²) in [4.78, 5) is 0. The second-order valence-electron chi connectivity index (χ2n) is 4.16. The van der Waals surface area contributed by atoms with Crippen LogP contribution in [0.4, 0.5) is 0 Å². The van der Waals surface area contributed by atoms with Crippen molar-refractivity contribution in [3.8, 4) is 17.6 Å². The number of hydrogen-bond acceptors (Lipinski definition) is 4. The third-order valence-electron chi connectivity index (χ3n) is 2.95. The number of nitriles is 1. The van der Waals surface area contributed by atoms with E-state index in [-0.39, 0.29) is 6.10 Å². The lowest BCUT2D eigenvalue weighted by Gasteiger charge is -2.17. The van der Waals surface area contributed by atoms with Crippen molar-refractivity contribution in [1.82, 2.24) is 0 Å². The van der Waals surface area contributed by atoms with Crippen LogP contribution in [-0.2, 0) is 0 Å². The molecule has 1 aromatic rings. The predicted molar refractivity (Wildman–Crippen MR) is 62.0 cm³/mol. The Morgan fingerprint density at radius 3 is 2.65 bits per heavy atom. The summed E-state index contributed by atoms with van der Waals surface area (Å²) in [6.45, 7) is 0. The molecule has 1 aliphatic rings. The van der Waals surface area contributed by atoms with E-state index in [0.29, 0.717) is 17.1 Å². The summed E-state index contributed by atoms with van der Waals surface area (Å²) < 4.78 is 10.8. The highest BCUT2D eigenvalue weighted by Gasteiger charge is 2.27. The summed E-state index contributed by atoms with van der Waals surface area (Å²) in [6, 6.07) is 7.09. The lowest BCUT2D eigenvalue weighted by Crippen LogP contribution is -2.25. The van der Waals surface area contributed by atoms with Crippen molar-refractivity contribution in [2.24, 2.45) is 0 Å². The van der Waals surface area contributed by atoms with Gasteiger partial charge in [0.05, 0.1) is 24.8 Å². The van der Waals surface area contributed by atoms with Crippen LogP contribution in [0.3, 0.4) is 0 Å². The molecule has 1 aliphatic carbocycles. The van der Waals surface area contributed by atoms with Crippen molar-refractivity contribution in [2.75, 3.05) is 7.11 Å². The first-order chi connectivity index (χ1) is 8.22. The Morgan fingerprint density at radius 1 is 1.29 bits per heavy atom. The van der Waals surface area contributed by atoms with E-state index in [2.05, 4.69) is 6.07 Å². The first kappa shape index (κ1) is 11.7. The van der Waals surface area contributed by atoms with E-state index in [1.165, 1.54) is 0 Å². The van der Waals surface area contributed by atoms with Crippen LogP contribution in [0, 0.1) is 11.3 Å². The molecule has 1 N–H and O–H groups in total. The minimum Gasteiger partial charge on any atom is -0.497 e. The van der Waals surface area contributed by atoms with Crippen LogP contribution < -0.4 is 9.47 Å². The van der Waals surface area contributed by atoms with Gasteiger partial charge in [0, 0.05) is 6.07 Å². The van der Waals surface area contributed by atoms with Crippen molar-refractivity contribution in [2.45, 2.75) is 31.5 Å². The number of hydrogen-bond donors (Lipinski definition) is 1. The molecule has 0 aliphatic heterocycles. The van der Waals surface area contributed by atoms with E-state index < -0.39 is 6.10 Å². The van der Waals surface area contributed by atoms with Gasteiger partial charge in [-0.1, -0.05) is 0 Å². The maximum atomic E-state index is 9.68. The van der Waals surface area contributed by atoms with E-state index in [1.54, 1.807) is 25.3 Å². The number of aliphatic hydroxyl groups excluding tert-OH is 1. The SMILES string of the molecule is COc1cc(C#N)cc(O[C@@H]2CCC[C@H]2O)c1. The minimum atomic E-state index is -0.410. The highest BCUT2D eigenvalue weighted by molar-refractivity contribution is 5.44. The molecule has 17 heavy (non-hydrogen) atoms. The van der Waals surface area contributed by atoms with Crippen LogP contribution in [0.15, 0.2) is 18.2 Å². The summed E-state index contributed by atoms with van der Waals surface area (Å²) in [5.74, 6) is 1.17. The summed E-state index contributed by atoms with van der Waals surface area (Å²) in [5.41, 5.74) is 0.492. The number of rotatable bonds is 3. The Morgan fingerprint density at radius 2 is 2.06 bits per heavy atom. The number of benzene rings is 1. The van der Waals surface area contributed by atoms with E-state index in [4.69, 9.17) is 14.7 Å². The smallest absolute Gasteiger partial charge is 0.124 e. The van der Waals surface area contributed by atoms with E-state index in [0.717, 1.165) is 19.3 Å². The number of methoxy groups -OCH3 is 1. The quantitative estimate of drug-likeness (QED) is 0.865. The monoisotopic (exact) mass is 233 g/mol. The second-order valence-corrected chi connectivity index (χ2v) is 4.16. The summed E-state index contributed by atoms with van der Waals surface area (Å²) in [5, 5.41) is 18.6. The lowest BCUT2D eigenvalue weighted by molar-refractivity contribution is 0.0602. The fraction of sp³-hybridized carbons (Fsp3) is 0.462. The molecule has 90 valence electrons. The zero-order chi connectivity index (χ0) is 12.3. The number of ether oxygens (including phenoxy) is 2.